The van der Waals surface area contributed by atoms with Crippen molar-refractivity contribution >= 4 is 17.5 Å². The second kappa shape index (κ2) is 8.05. The molecule has 0 saturated heterocycles. The number of benzene rings is 2. The zero-order valence-electron chi connectivity index (χ0n) is 12.6. The van der Waals surface area contributed by atoms with E-state index in [0.717, 1.165) is 0 Å². The van der Waals surface area contributed by atoms with Crippen molar-refractivity contribution in [3.8, 4) is 0 Å². The Morgan fingerprint density at radius 2 is 1.52 bits per heavy atom. The summed E-state index contributed by atoms with van der Waals surface area (Å²) in [7, 11) is 1.56. The van der Waals surface area contributed by atoms with Crippen molar-refractivity contribution in [2.75, 3.05) is 25.6 Å². The van der Waals surface area contributed by atoms with Gasteiger partial charge in [-0.15, -0.1) is 0 Å². The summed E-state index contributed by atoms with van der Waals surface area (Å²) in [5, 5.41) is 5.35. The number of carbonyl (C=O) groups is 2. The summed E-state index contributed by atoms with van der Waals surface area (Å²) < 4.78 is 17.7. The molecule has 2 aromatic carbocycles. The smallest absolute Gasteiger partial charge is 0.255 e. The Labute approximate surface area is 133 Å². The molecule has 0 aliphatic carbocycles. The average Bonchev–Trinajstić information content (AvgIpc) is 2.57. The molecule has 6 heteroatoms. The van der Waals surface area contributed by atoms with Crippen LogP contribution in [-0.2, 0) is 4.74 Å². The van der Waals surface area contributed by atoms with Gasteiger partial charge in [-0.25, -0.2) is 4.39 Å². The minimum absolute atomic E-state index is 0.229. The first kappa shape index (κ1) is 16.6. The van der Waals surface area contributed by atoms with Crippen LogP contribution in [0.2, 0.25) is 0 Å². The van der Waals surface area contributed by atoms with Crippen molar-refractivity contribution in [1.82, 2.24) is 5.32 Å². The highest BCUT2D eigenvalue weighted by atomic mass is 19.1. The lowest BCUT2D eigenvalue weighted by molar-refractivity contribution is 0.0935. The van der Waals surface area contributed by atoms with Gasteiger partial charge in [-0.05, 0) is 48.5 Å². The van der Waals surface area contributed by atoms with Gasteiger partial charge in [-0.1, -0.05) is 0 Å². The maximum atomic E-state index is 12.8. The third-order valence-electron chi connectivity index (χ3n) is 3.10. The summed E-state index contributed by atoms with van der Waals surface area (Å²) in [6.07, 6.45) is 0. The first-order chi connectivity index (χ1) is 11.1. The van der Waals surface area contributed by atoms with Gasteiger partial charge in [0.1, 0.15) is 5.82 Å². The van der Waals surface area contributed by atoms with Gasteiger partial charge in [0.25, 0.3) is 11.8 Å². The number of hydrogen-bond donors (Lipinski definition) is 2. The number of amides is 2. The second-order valence-electron chi connectivity index (χ2n) is 4.79. The fraction of sp³-hybridized carbons (Fsp3) is 0.176. The van der Waals surface area contributed by atoms with E-state index in [9.17, 15) is 14.0 Å². The monoisotopic (exact) mass is 316 g/mol. The average molecular weight is 316 g/mol. The molecule has 2 aromatic rings. The lowest BCUT2D eigenvalue weighted by atomic mass is 10.1. The van der Waals surface area contributed by atoms with E-state index < -0.39 is 0 Å². The van der Waals surface area contributed by atoms with E-state index in [1.54, 1.807) is 31.4 Å². The van der Waals surface area contributed by atoms with E-state index in [2.05, 4.69) is 10.6 Å². The molecule has 0 heterocycles. The molecule has 120 valence electrons. The molecule has 2 rings (SSSR count). The number of carbonyl (C=O) groups excluding carboxylic acids is 2. The van der Waals surface area contributed by atoms with Gasteiger partial charge in [-0.2, -0.15) is 0 Å². The van der Waals surface area contributed by atoms with Crippen LogP contribution in [0.4, 0.5) is 10.1 Å². The van der Waals surface area contributed by atoms with Gasteiger partial charge in [0.05, 0.1) is 6.61 Å². The molecule has 0 aliphatic heterocycles. The van der Waals surface area contributed by atoms with E-state index in [-0.39, 0.29) is 17.6 Å². The van der Waals surface area contributed by atoms with Crippen LogP contribution in [0.3, 0.4) is 0 Å². The second-order valence-corrected chi connectivity index (χ2v) is 4.79. The molecule has 0 unspecified atom stereocenters. The van der Waals surface area contributed by atoms with Crippen molar-refractivity contribution in [2.24, 2.45) is 0 Å². The predicted molar refractivity (Wildman–Crippen MR) is 85.0 cm³/mol. The van der Waals surface area contributed by atoms with E-state index in [0.29, 0.717) is 30.0 Å². The standard InChI is InChI=1S/C17H17FN2O3/c1-23-11-10-19-16(21)12-2-4-13(5-3-12)17(22)20-15-8-6-14(18)7-9-15/h2-9H,10-11H2,1H3,(H,19,21)(H,20,22). The summed E-state index contributed by atoms with van der Waals surface area (Å²) in [4.78, 5) is 23.9. The van der Waals surface area contributed by atoms with Gasteiger partial charge >= 0.3 is 0 Å². The lowest BCUT2D eigenvalue weighted by Crippen LogP contribution is -2.26. The van der Waals surface area contributed by atoms with Crippen LogP contribution in [0.5, 0.6) is 0 Å². The van der Waals surface area contributed by atoms with Crippen molar-refractivity contribution in [3.05, 3.63) is 65.5 Å². The maximum absolute atomic E-state index is 12.8. The Kier molecular flexibility index (Phi) is 5.82. The Bertz CT molecular complexity index is 669. The molecule has 23 heavy (non-hydrogen) atoms. The van der Waals surface area contributed by atoms with Gasteiger partial charge in [0, 0.05) is 30.5 Å². The molecular formula is C17H17FN2O3. The molecule has 5 nitrogen and oxygen atoms in total. The van der Waals surface area contributed by atoms with Gasteiger partial charge < -0.3 is 15.4 Å². The van der Waals surface area contributed by atoms with E-state index in [4.69, 9.17) is 4.74 Å². The van der Waals surface area contributed by atoms with E-state index in [1.165, 1.54) is 24.3 Å². The fourth-order valence-electron chi connectivity index (χ4n) is 1.88. The molecular weight excluding hydrogens is 299 g/mol. The van der Waals surface area contributed by atoms with Crippen molar-refractivity contribution in [2.45, 2.75) is 0 Å². The minimum Gasteiger partial charge on any atom is -0.383 e. The lowest BCUT2D eigenvalue weighted by Gasteiger charge is -2.07. The van der Waals surface area contributed by atoms with Crippen molar-refractivity contribution in [1.29, 1.82) is 0 Å². The van der Waals surface area contributed by atoms with Gasteiger partial charge in [-0.3, -0.25) is 9.59 Å². The molecule has 0 atom stereocenters. The Balaban J connectivity index is 1.97. The molecule has 0 aromatic heterocycles. The molecule has 2 amide bonds. The quantitative estimate of drug-likeness (QED) is 0.805. The summed E-state index contributed by atoms with van der Waals surface area (Å²) in [5.41, 5.74) is 1.36. The number of anilines is 1. The first-order valence-corrected chi connectivity index (χ1v) is 7.04. The summed E-state index contributed by atoms with van der Waals surface area (Å²) in [5.74, 6) is -0.928. The van der Waals surface area contributed by atoms with E-state index in [1.807, 2.05) is 0 Å². The molecule has 0 fully saturated rings. The van der Waals surface area contributed by atoms with Crippen LogP contribution < -0.4 is 10.6 Å². The van der Waals surface area contributed by atoms with Crippen LogP contribution in [-0.4, -0.2) is 32.1 Å². The zero-order chi connectivity index (χ0) is 16.7. The molecule has 0 spiro atoms. The highest BCUT2D eigenvalue weighted by molar-refractivity contribution is 6.05. The molecule has 0 radical (unpaired) electrons. The Morgan fingerprint density at radius 3 is 2.09 bits per heavy atom. The summed E-state index contributed by atoms with van der Waals surface area (Å²) in [6.45, 7) is 0.853. The van der Waals surface area contributed by atoms with Gasteiger partial charge in [0.2, 0.25) is 0 Å². The number of rotatable bonds is 6. The Hall–Kier alpha value is -2.73. The van der Waals surface area contributed by atoms with Crippen molar-refractivity contribution < 1.29 is 18.7 Å². The van der Waals surface area contributed by atoms with Crippen molar-refractivity contribution in [3.63, 3.8) is 0 Å². The van der Waals surface area contributed by atoms with Crippen LogP contribution in [0, 0.1) is 5.82 Å². The fourth-order valence-corrected chi connectivity index (χ4v) is 1.88. The highest BCUT2D eigenvalue weighted by Crippen LogP contribution is 2.11. The number of hydrogen-bond acceptors (Lipinski definition) is 3. The topological polar surface area (TPSA) is 67.4 Å². The minimum atomic E-state index is -0.369. The third-order valence-corrected chi connectivity index (χ3v) is 3.10. The molecule has 0 saturated carbocycles. The summed E-state index contributed by atoms with van der Waals surface area (Å²) in [6, 6.07) is 11.7. The number of nitrogens with one attached hydrogen (secondary N) is 2. The largest absolute Gasteiger partial charge is 0.383 e. The van der Waals surface area contributed by atoms with Crippen LogP contribution in [0.1, 0.15) is 20.7 Å². The van der Waals surface area contributed by atoms with Crippen LogP contribution in [0.15, 0.2) is 48.5 Å². The maximum Gasteiger partial charge on any atom is 0.255 e. The summed E-state index contributed by atoms with van der Waals surface area (Å²) >= 11 is 0. The number of methoxy groups -OCH3 is 1. The number of halogens is 1. The van der Waals surface area contributed by atoms with Gasteiger partial charge in [0.15, 0.2) is 0 Å². The Morgan fingerprint density at radius 1 is 0.957 bits per heavy atom. The first-order valence-electron chi connectivity index (χ1n) is 7.04. The zero-order valence-corrected chi connectivity index (χ0v) is 12.6. The van der Waals surface area contributed by atoms with Crippen LogP contribution >= 0.6 is 0 Å². The van der Waals surface area contributed by atoms with E-state index >= 15 is 0 Å². The SMILES string of the molecule is COCCNC(=O)c1ccc(C(=O)Nc2ccc(F)cc2)cc1. The predicted octanol–water partition coefficient (Wildman–Crippen LogP) is 2.45. The highest BCUT2D eigenvalue weighted by Gasteiger charge is 2.09. The molecule has 0 aliphatic rings. The normalized spacial score (nSPS) is 10.2. The molecule has 0 bridgehead atoms. The molecule has 2 N–H and O–H groups in total. The van der Waals surface area contributed by atoms with Crippen LogP contribution in [0.25, 0.3) is 0 Å². The third kappa shape index (κ3) is 4.89. The number of ether oxygens (including phenoxy) is 1.